The SMILES string of the molecule is CCCCCCC1(C=C(C(=O)O)C(=O)O)C=CC=CC1. The third-order valence-electron chi connectivity index (χ3n) is 3.56. The third-order valence-corrected chi connectivity index (χ3v) is 3.56. The Labute approximate surface area is 119 Å². The summed E-state index contributed by atoms with van der Waals surface area (Å²) in [5.41, 5.74) is -1.02. The Morgan fingerprint density at radius 2 is 1.85 bits per heavy atom. The van der Waals surface area contributed by atoms with Crippen molar-refractivity contribution in [3.63, 3.8) is 0 Å². The van der Waals surface area contributed by atoms with E-state index in [1.165, 1.54) is 6.08 Å². The fraction of sp³-hybridized carbons (Fsp3) is 0.500. The highest BCUT2D eigenvalue weighted by atomic mass is 16.4. The van der Waals surface area contributed by atoms with Gasteiger partial charge in [-0.15, -0.1) is 0 Å². The topological polar surface area (TPSA) is 74.6 Å². The lowest BCUT2D eigenvalue weighted by Crippen LogP contribution is -2.21. The summed E-state index contributed by atoms with van der Waals surface area (Å²) in [6, 6.07) is 0. The Hall–Kier alpha value is -1.84. The molecule has 110 valence electrons. The number of allylic oxidation sites excluding steroid dienone is 5. The highest BCUT2D eigenvalue weighted by Gasteiger charge is 2.28. The molecule has 1 aliphatic rings. The van der Waals surface area contributed by atoms with E-state index in [4.69, 9.17) is 10.2 Å². The summed E-state index contributed by atoms with van der Waals surface area (Å²) in [5.74, 6) is -2.76. The van der Waals surface area contributed by atoms with Gasteiger partial charge in [-0.1, -0.05) is 63.0 Å². The second-order valence-corrected chi connectivity index (χ2v) is 5.20. The molecule has 20 heavy (non-hydrogen) atoms. The minimum absolute atomic E-state index is 0.478. The first-order valence-electron chi connectivity index (χ1n) is 7.04. The summed E-state index contributed by atoms with van der Waals surface area (Å²) in [6.07, 6.45) is 14.8. The predicted molar refractivity (Wildman–Crippen MR) is 77.4 cm³/mol. The quantitative estimate of drug-likeness (QED) is 0.308. The van der Waals surface area contributed by atoms with Crippen molar-refractivity contribution in [2.45, 2.75) is 45.4 Å². The lowest BCUT2D eigenvalue weighted by atomic mass is 9.76. The van der Waals surface area contributed by atoms with Gasteiger partial charge in [0.15, 0.2) is 0 Å². The van der Waals surface area contributed by atoms with Gasteiger partial charge in [0.1, 0.15) is 5.57 Å². The zero-order chi connectivity index (χ0) is 15.0. The molecule has 0 radical (unpaired) electrons. The van der Waals surface area contributed by atoms with Crippen LogP contribution in [0.1, 0.15) is 45.4 Å². The molecule has 0 aromatic rings. The van der Waals surface area contributed by atoms with Crippen molar-refractivity contribution in [3.8, 4) is 0 Å². The van der Waals surface area contributed by atoms with Crippen LogP contribution in [-0.4, -0.2) is 22.2 Å². The van der Waals surface area contributed by atoms with Gasteiger partial charge in [0.05, 0.1) is 0 Å². The molecule has 0 aliphatic heterocycles. The monoisotopic (exact) mass is 278 g/mol. The Balaban J connectivity index is 2.91. The minimum atomic E-state index is -1.38. The van der Waals surface area contributed by atoms with E-state index in [1.54, 1.807) is 0 Å². The number of carbonyl (C=O) groups is 2. The minimum Gasteiger partial charge on any atom is -0.477 e. The molecule has 0 bridgehead atoms. The maximum Gasteiger partial charge on any atom is 0.342 e. The second kappa shape index (κ2) is 7.68. The molecule has 0 fully saturated rings. The first-order valence-corrected chi connectivity index (χ1v) is 7.04. The highest BCUT2D eigenvalue weighted by molar-refractivity contribution is 6.12. The number of carboxylic acids is 2. The molecule has 2 N–H and O–H groups in total. The van der Waals surface area contributed by atoms with Crippen molar-refractivity contribution < 1.29 is 19.8 Å². The number of unbranched alkanes of at least 4 members (excludes halogenated alkanes) is 3. The molecule has 0 aromatic heterocycles. The maximum absolute atomic E-state index is 11.0. The Bertz CT molecular complexity index is 429. The average Bonchev–Trinajstić information content (AvgIpc) is 2.42. The molecular weight excluding hydrogens is 256 g/mol. The Kier molecular flexibility index (Phi) is 6.22. The fourth-order valence-electron chi connectivity index (χ4n) is 2.43. The number of hydrogen-bond acceptors (Lipinski definition) is 2. The zero-order valence-corrected chi connectivity index (χ0v) is 11.8. The van der Waals surface area contributed by atoms with E-state index < -0.39 is 22.9 Å². The molecule has 1 unspecified atom stereocenters. The van der Waals surface area contributed by atoms with Crippen molar-refractivity contribution in [1.82, 2.24) is 0 Å². The van der Waals surface area contributed by atoms with Crippen LogP contribution in [-0.2, 0) is 9.59 Å². The van der Waals surface area contributed by atoms with E-state index in [-0.39, 0.29) is 0 Å². The van der Waals surface area contributed by atoms with Gasteiger partial charge in [-0.05, 0) is 12.8 Å². The van der Waals surface area contributed by atoms with E-state index in [1.807, 2.05) is 24.3 Å². The summed E-state index contributed by atoms with van der Waals surface area (Å²) >= 11 is 0. The smallest absolute Gasteiger partial charge is 0.342 e. The van der Waals surface area contributed by atoms with Gasteiger partial charge in [0.25, 0.3) is 0 Å². The van der Waals surface area contributed by atoms with Crippen LogP contribution in [0.4, 0.5) is 0 Å². The molecule has 1 aliphatic carbocycles. The van der Waals surface area contributed by atoms with Crippen LogP contribution < -0.4 is 0 Å². The molecule has 0 spiro atoms. The van der Waals surface area contributed by atoms with Crippen LogP contribution >= 0.6 is 0 Å². The maximum atomic E-state index is 11.0. The van der Waals surface area contributed by atoms with Crippen LogP contribution in [0.15, 0.2) is 36.0 Å². The Morgan fingerprint density at radius 1 is 1.15 bits per heavy atom. The van der Waals surface area contributed by atoms with E-state index >= 15 is 0 Å². The van der Waals surface area contributed by atoms with Crippen molar-refractivity contribution in [2.75, 3.05) is 0 Å². The lowest BCUT2D eigenvalue weighted by molar-refractivity contribution is -0.140. The van der Waals surface area contributed by atoms with Gasteiger partial charge in [-0.3, -0.25) is 0 Å². The summed E-state index contributed by atoms with van der Waals surface area (Å²) in [6.45, 7) is 2.13. The van der Waals surface area contributed by atoms with Gasteiger partial charge < -0.3 is 10.2 Å². The summed E-state index contributed by atoms with van der Waals surface area (Å²) < 4.78 is 0. The average molecular weight is 278 g/mol. The van der Waals surface area contributed by atoms with E-state index in [9.17, 15) is 9.59 Å². The lowest BCUT2D eigenvalue weighted by Gasteiger charge is -2.28. The molecule has 0 amide bonds. The standard InChI is InChI=1S/C16H22O4/c1-2-3-4-6-9-16(10-7-5-8-11-16)12-13(14(17)18)15(19)20/h5,7-8,10,12H,2-4,6,9,11H2,1H3,(H,17,18)(H,19,20). The molecule has 1 atom stereocenters. The van der Waals surface area contributed by atoms with Crippen LogP contribution in [0.25, 0.3) is 0 Å². The zero-order valence-electron chi connectivity index (χ0n) is 11.8. The molecule has 0 aromatic carbocycles. The van der Waals surface area contributed by atoms with E-state index in [2.05, 4.69) is 6.92 Å². The molecular formula is C16H22O4. The second-order valence-electron chi connectivity index (χ2n) is 5.20. The van der Waals surface area contributed by atoms with Gasteiger partial charge in [-0.25, -0.2) is 9.59 Å². The molecule has 0 saturated carbocycles. The van der Waals surface area contributed by atoms with E-state index in [0.717, 1.165) is 32.1 Å². The van der Waals surface area contributed by atoms with Gasteiger partial charge in [0.2, 0.25) is 0 Å². The summed E-state index contributed by atoms with van der Waals surface area (Å²) in [7, 11) is 0. The number of rotatable bonds is 8. The van der Waals surface area contributed by atoms with Crippen LogP contribution in [0.5, 0.6) is 0 Å². The fourth-order valence-corrected chi connectivity index (χ4v) is 2.43. The largest absolute Gasteiger partial charge is 0.477 e. The Morgan fingerprint density at radius 3 is 2.35 bits per heavy atom. The number of hydrogen-bond donors (Lipinski definition) is 2. The summed E-state index contributed by atoms with van der Waals surface area (Å²) in [4.78, 5) is 22.1. The normalized spacial score (nSPS) is 20.6. The first kappa shape index (κ1) is 16.2. The summed E-state index contributed by atoms with van der Waals surface area (Å²) in [5, 5.41) is 18.0. The van der Waals surface area contributed by atoms with Crippen molar-refractivity contribution >= 4 is 11.9 Å². The predicted octanol–water partition coefficient (Wildman–Crippen LogP) is 3.55. The molecule has 1 rings (SSSR count). The first-order chi connectivity index (χ1) is 9.51. The van der Waals surface area contributed by atoms with Crippen molar-refractivity contribution in [2.24, 2.45) is 5.41 Å². The van der Waals surface area contributed by atoms with Gasteiger partial charge in [-0.2, -0.15) is 0 Å². The van der Waals surface area contributed by atoms with E-state index in [0.29, 0.717) is 6.42 Å². The van der Waals surface area contributed by atoms with Gasteiger partial charge in [0, 0.05) is 5.41 Å². The van der Waals surface area contributed by atoms with Crippen LogP contribution in [0, 0.1) is 5.41 Å². The third kappa shape index (κ3) is 4.68. The molecule has 0 heterocycles. The van der Waals surface area contributed by atoms with Gasteiger partial charge >= 0.3 is 11.9 Å². The number of aliphatic carboxylic acids is 2. The van der Waals surface area contributed by atoms with Crippen molar-refractivity contribution in [1.29, 1.82) is 0 Å². The molecule has 0 saturated heterocycles. The molecule has 4 nitrogen and oxygen atoms in total. The van der Waals surface area contributed by atoms with Crippen LogP contribution in [0.2, 0.25) is 0 Å². The van der Waals surface area contributed by atoms with Crippen LogP contribution in [0.3, 0.4) is 0 Å². The highest BCUT2D eigenvalue weighted by Crippen LogP contribution is 2.36. The number of carboxylic acid groups (broad SMARTS) is 2. The van der Waals surface area contributed by atoms with Crippen molar-refractivity contribution in [3.05, 3.63) is 36.0 Å². The molecule has 4 heteroatoms.